The Morgan fingerprint density at radius 1 is 1.23 bits per heavy atom. The Bertz CT molecular complexity index is 936. The van der Waals surface area contributed by atoms with Crippen molar-refractivity contribution in [1.29, 1.82) is 5.26 Å². The SMILES string of the molecule is Cc1c(N2C(=O)N3CCC(O[Si](C)(C)C(C)(C)C)C3C2C(F)(F)F)ccc(C#N)c1F. The predicted octanol–water partition coefficient (Wildman–Crippen LogP) is 5.34. The maximum atomic E-state index is 14.5. The van der Waals surface area contributed by atoms with Crippen molar-refractivity contribution < 1.29 is 26.8 Å². The van der Waals surface area contributed by atoms with Crippen molar-refractivity contribution in [3.05, 3.63) is 29.1 Å². The molecule has 2 heterocycles. The number of halogens is 4. The molecule has 2 aliphatic rings. The van der Waals surface area contributed by atoms with Gasteiger partial charge in [0.15, 0.2) is 14.4 Å². The fraction of sp³-hybridized carbons (Fsp3) is 0.619. The van der Waals surface area contributed by atoms with Crippen LogP contribution in [0.5, 0.6) is 0 Å². The van der Waals surface area contributed by atoms with Gasteiger partial charge in [-0.25, -0.2) is 9.18 Å². The molecule has 31 heavy (non-hydrogen) atoms. The number of rotatable bonds is 3. The Hall–Kier alpha value is -2.12. The van der Waals surface area contributed by atoms with Crippen molar-refractivity contribution in [2.24, 2.45) is 0 Å². The average Bonchev–Trinajstić information content (AvgIpc) is 3.15. The molecule has 2 saturated heterocycles. The fourth-order valence-electron chi connectivity index (χ4n) is 4.09. The third-order valence-corrected chi connectivity index (χ3v) is 11.3. The number of carbonyl (C=O) groups is 1. The summed E-state index contributed by atoms with van der Waals surface area (Å²) in [6, 6.07) is -0.214. The molecule has 0 bridgehead atoms. The van der Waals surface area contributed by atoms with Crippen molar-refractivity contribution >= 4 is 20.0 Å². The number of alkyl halides is 3. The van der Waals surface area contributed by atoms with Gasteiger partial charge >= 0.3 is 12.2 Å². The van der Waals surface area contributed by atoms with E-state index in [1.165, 1.54) is 17.9 Å². The van der Waals surface area contributed by atoms with Crippen LogP contribution in [0.4, 0.5) is 28.0 Å². The maximum absolute atomic E-state index is 14.5. The van der Waals surface area contributed by atoms with E-state index >= 15 is 0 Å². The van der Waals surface area contributed by atoms with Crippen LogP contribution in [0, 0.1) is 24.1 Å². The van der Waals surface area contributed by atoms with Crippen LogP contribution in [0.15, 0.2) is 12.1 Å². The van der Waals surface area contributed by atoms with Crippen molar-refractivity contribution in [3.8, 4) is 6.07 Å². The van der Waals surface area contributed by atoms with Crippen molar-refractivity contribution in [1.82, 2.24) is 4.90 Å². The Balaban J connectivity index is 2.07. The van der Waals surface area contributed by atoms with E-state index in [4.69, 9.17) is 9.69 Å². The van der Waals surface area contributed by atoms with Gasteiger partial charge in [-0.1, -0.05) is 20.8 Å². The van der Waals surface area contributed by atoms with Crippen LogP contribution in [0.2, 0.25) is 18.1 Å². The normalized spacial score (nSPS) is 24.5. The average molecular weight is 458 g/mol. The van der Waals surface area contributed by atoms with E-state index in [0.29, 0.717) is 11.3 Å². The van der Waals surface area contributed by atoms with Crippen molar-refractivity contribution in [3.63, 3.8) is 0 Å². The quantitative estimate of drug-likeness (QED) is 0.455. The first-order valence-electron chi connectivity index (χ1n) is 10.2. The second kappa shape index (κ2) is 7.48. The molecule has 2 fully saturated rings. The highest BCUT2D eigenvalue weighted by atomic mass is 28.4. The van der Waals surface area contributed by atoms with Gasteiger partial charge in [0.1, 0.15) is 11.9 Å². The number of nitrogens with zero attached hydrogens (tertiary/aromatic N) is 3. The number of carbonyl (C=O) groups excluding carboxylic acids is 1. The zero-order valence-corrected chi connectivity index (χ0v) is 19.5. The van der Waals surface area contributed by atoms with E-state index in [1.54, 1.807) is 6.07 Å². The third-order valence-electron chi connectivity index (χ3n) is 6.77. The summed E-state index contributed by atoms with van der Waals surface area (Å²) in [7, 11) is -2.39. The number of nitriles is 1. The van der Waals surface area contributed by atoms with Crippen LogP contribution in [0.3, 0.4) is 0 Å². The van der Waals surface area contributed by atoms with E-state index in [-0.39, 0.29) is 28.4 Å². The topological polar surface area (TPSA) is 56.6 Å². The number of fused-ring (bicyclic) bond motifs is 1. The number of benzene rings is 1. The molecule has 5 nitrogen and oxygen atoms in total. The van der Waals surface area contributed by atoms with Crippen molar-refractivity contribution in [2.75, 3.05) is 11.4 Å². The van der Waals surface area contributed by atoms with Gasteiger partial charge in [0.2, 0.25) is 0 Å². The summed E-state index contributed by atoms with van der Waals surface area (Å²) in [6.45, 7) is 11.4. The summed E-state index contributed by atoms with van der Waals surface area (Å²) in [6.07, 6.45) is -5.18. The lowest BCUT2D eigenvalue weighted by atomic mass is 10.0. The first kappa shape index (κ1) is 23.5. The van der Waals surface area contributed by atoms with Gasteiger partial charge < -0.3 is 9.33 Å². The summed E-state index contributed by atoms with van der Waals surface area (Å²) in [5.41, 5.74) is -0.620. The molecular weight excluding hydrogens is 430 g/mol. The molecule has 0 spiro atoms. The van der Waals surface area contributed by atoms with Crippen molar-refractivity contribution in [2.45, 2.75) is 76.6 Å². The Morgan fingerprint density at radius 3 is 2.35 bits per heavy atom. The van der Waals surface area contributed by atoms with Gasteiger partial charge in [-0.05, 0) is 43.6 Å². The molecule has 3 atom stereocenters. The van der Waals surface area contributed by atoms with Crippen LogP contribution in [0.25, 0.3) is 0 Å². The molecular formula is C21H27F4N3O2Si. The zero-order chi connectivity index (χ0) is 23.5. The minimum Gasteiger partial charge on any atom is -0.412 e. The van der Waals surface area contributed by atoms with Gasteiger partial charge in [0.25, 0.3) is 0 Å². The molecule has 1 aromatic carbocycles. The van der Waals surface area contributed by atoms with Crippen LogP contribution >= 0.6 is 0 Å². The maximum Gasteiger partial charge on any atom is 0.411 e. The van der Waals surface area contributed by atoms with Crippen LogP contribution in [-0.2, 0) is 4.43 Å². The van der Waals surface area contributed by atoms with Gasteiger partial charge in [0.05, 0.1) is 23.4 Å². The van der Waals surface area contributed by atoms with Gasteiger partial charge in [0, 0.05) is 12.1 Å². The van der Waals surface area contributed by atoms with E-state index in [0.717, 1.165) is 6.07 Å². The van der Waals surface area contributed by atoms with Gasteiger partial charge in [-0.2, -0.15) is 18.4 Å². The molecule has 0 saturated carbocycles. The molecule has 3 unspecified atom stereocenters. The molecule has 1 aromatic rings. The molecule has 3 rings (SSSR count). The summed E-state index contributed by atoms with van der Waals surface area (Å²) < 4.78 is 63.8. The highest BCUT2D eigenvalue weighted by Gasteiger charge is 2.64. The standard InChI is InChI=1S/C21H27F4N3O2Si/c1-12-14(8-7-13(11-26)16(12)22)28-18(21(23,24)25)17-15(9-10-27(17)19(28)29)30-31(5,6)20(2,3)4/h7-8,15,17-18H,9-10H2,1-6H3. The smallest absolute Gasteiger partial charge is 0.411 e. The summed E-state index contributed by atoms with van der Waals surface area (Å²) >= 11 is 0. The number of hydrogen-bond donors (Lipinski definition) is 0. The second-order valence-electron chi connectivity index (χ2n) is 9.71. The Morgan fingerprint density at radius 2 is 1.84 bits per heavy atom. The molecule has 0 aliphatic carbocycles. The minimum atomic E-state index is -4.74. The molecule has 2 aliphatic heterocycles. The lowest BCUT2D eigenvalue weighted by Crippen LogP contribution is -2.54. The predicted molar refractivity (Wildman–Crippen MR) is 111 cm³/mol. The Kier molecular flexibility index (Phi) is 5.68. The molecule has 0 aromatic heterocycles. The summed E-state index contributed by atoms with van der Waals surface area (Å²) in [5.74, 6) is -0.921. The fourth-order valence-corrected chi connectivity index (χ4v) is 5.46. The Labute approximate surface area is 180 Å². The molecule has 170 valence electrons. The first-order chi connectivity index (χ1) is 14.1. The highest BCUT2D eigenvalue weighted by molar-refractivity contribution is 6.74. The number of urea groups is 1. The summed E-state index contributed by atoms with van der Waals surface area (Å²) in [4.78, 5) is 14.9. The van der Waals surface area contributed by atoms with Crippen LogP contribution in [0.1, 0.15) is 38.3 Å². The largest absolute Gasteiger partial charge is 0.412 e. The second-order valence-corrected chi connectivity index (χ2v) is 14.5. The lowest BCUT2D eigenvalue weighted by Gasteiger charge is -2.40. The summed E-state index contributed by atoms with van der Waals surface area (Å²) in [5, 5.41) is 8.80. The highest BCUT2D eigenvalue weighted by Crippen LogP contribution is 2.46. The molecule has 0 radical (unpaired) electrons. The monoisotopic (exact) mass is 457 g/mol. The zero-order valence-electron chi connectivity index (χ0n) is 18.5. The minimum absolute atomic E-state index is 0.143. The molecule has 0 N–H and O–H groups in total. The number of anilines is 1. The van der Waals surface area contributed by atoms with Gasteiger partial charge in [-0.15, -0.1) is 0 Å². The number of amides is 2. The number of hydrogen-bond acceptors (Lipinski definition) is 3. The molecule has 10 heteroatoms. The van der Waals surface area contributed by atoms with Crippen LogP contribution < -0.4 is 4.90 Å². The van der Waals surface area contributed by atoms with E-state index in [2.05, 4.69) is 0 Å². The third kappa shape index (κ3) is 3.82. The van der Waals surface area contributed by atoms with E-state index in [1.807, 2.05) is 33.9 Å². The van der Waals surface area contributed by atoms with Crippen LogP contribution in [-0.4, -0.2) is 50.2 Å². The van der Waals surface area contributed by atoms with E-state index in [9.17, 15) is 22.4 Å². The lowest BCUT2D eigenvalue weighted by molar-refractivity contribution is -0.156. The van der Waals surface area contributed by atoms with E-state index < -0.39 is 44.5 Å². The van der Waals surface area contributed by atoms with Gasteiger partial charge in [-0.3, -0.25) is 4.90 Å². The first-order valence-corrected chi connectivity index (χ1v) is 13.1. The molecule has 2 amide bonds.